The number of esters is 1. The average Bonchev–Trinajstić information content (AvgIpc) is 3.17. The number of hydrogen-bond donors (Lipinski definition) is 1. The van der Waals surface area contributed by atoms with E-state index in [0.717, 1.165) is 36.8 Å². The van der Waals surface area contributed by atoms with Crippen LogP contribution in [0.2, 0.25) is 0 Å². The highest BCUT2D eigenvalue weighted by Gasteiger charge is 2.70. The van der Waals surface area contributed by atoms with Crippen LogP contribution in [-0.2, 0) is 19.6 Å². The fourth-order valence-corrected chi connectivity index (χ4v) is 8.98. The molecule has 0 radical (unpaired) electrons. The third kappa shape index (κ3) is 4.14. The van der Waals surface area contributed by atoms with E-state index in [2.05, 4.69) is 20.8 Å². The van der Waals surface area contributed by atoms with Crippen LogP contribution in [0.15, 0.2) is 64.8 Å². The number of aliphatic hydroxyl groups excluding tert-OH is 1. The molecule has 2 fully saturated rings. The number of fused-ring (bicyclic) bond motifs is 2. The maximum Gasteiger partial charge on any atom is 0.337 e. The van der Waals surface area contributed by atoms with Crippen molar-refractivity contribution in [2.45, 2.75) is 90.2 Å². The molecule has 0 unspecified atom stereocenters. The van der Waals surface area contributed by atoms with E-state index in [0.29, 0.717) is 24.1 Å². The van der Waals surface area contributed by atoms with E-state index >= 15 is 0 Å². The number of aryl methyl sites for hydroxylation is 2. The molecule has 2 aromatic carbocycles. The van der Waals surface area contributed by atoms with E-state index in [-0.39, 0.29) is 22.0 Å². The largest absolute Gasteiger partial charge is 0.512 e. The lowest BCUT2D eigenvalue weighted by atomic mass is 9.70. The minimum absolute atomic E-state index is 0.0152. The maximum atomic E-state index is 14.5. The van der Waals surface area contributed by atoms with Gasteiger partial charge in [0.1, 0.15) is 11.9 Å². The van der Waals surface area contributed by atoms with Gasteiger partial charge in [0.2, 0.25) is 0 Å². The monoisotopic (exact) mass is 537 g/mol. The van der Waals surface area contributed by atoms with Gasteiger partial charge in [0.05, 0.1) is 22.2 Å². The summed E-state index contributed by atoms with van der Waals surface area (Å²) >= 11 is 0. The normalized spacial score (nSPS) is 28.4. The van der Waals surface area contributed by atoms with E-state index in [1.54, 1.807) is 34.6 Å². The summed E-state index contributed by atoms with van der Waals surface area (Å²) in [6.45, 7) is 10.4. The number of benzene rings is 2. The molecule has 0 spiro atoms. The molecule has 7 heteroatoms. The lowest BCUT2D eigenvalue weighted by Crippen LogP contribution is -2.54. The molecular formula is C31H39NO5S. The third-order valence-electron chi connectivity index (χ3n) is 9.67. The van der Waals surface area contributed by atoms with Gasteiger partial charge < -0.3 is 9.84 Å². The Bertz CT molecular complexity index is 1360. The van der Waals surface area contributed by atoms with Gasteiger partial charge in [0.15, 0.2) is 0 Å². The van der Waals surface area contributed by atoms with E-state index < -0.39 is 33.6 Å². The van der Waals surface area contributed by atoms with Crippen LogP contribution in [0, 0.1) is 30.6 Å². The Morgan fingerprint density at radius 1 is 1.00 bits per heavy atom. The number of rotatable bonds is 6. The minimum atomic E-state index is -3.99. The molecule has 0 aromatic heterocycles. The number of carbonyl (C=O) groups is 1. The molecule has 6 nitrogen and oxygen atoms in total. The van der Waals surface area contributed by atoms with E-state index in [1.165, 1.54) is 0 Å². The van der Waals surface area contributed by atoms with Gasteiger partial charge in [-0.15, -0.1) is 0 Å². The van der Waals surface area contributed by atoms with Crippen molar-refractivity contribution in [3.63, 3.8) is 0 Å². The molecule has 2 bridgehead atoms. The lowest BCUT2D eigenvalue weighted by molar-refractivity contribution is -0.153. The summed E-state index contributed by atoms with van der Waals surface area (Å²) in [5, 5.41) is 10.5. The molecule has 3 aliphatic rings. The Hall–Kier alpha value is -2.80. The molecule has 2 aromatic rings. The Kier molecular flexibility index (Phi) is 6.65. The summed E-state index contributed by atoms with van der Waals surface area (Å²) < 4.78 is 36.8. The van der Waals surface area contributed by atoms with Gasteiger partial charge in [-0.1, -0.05) is 45.0 Å². The Morgan fingerprint density at radius 2 is 1.63 bits per heavy atom. The van der Waals surface area contributed by atoms with Gasteiger partial charge in [0, 0.05) is 11.8 Å². The highest BCUT2D eigenvalue weighted by Crippen LogP contribution is 2.68. The van der Waals surface area contributed by atoms with Crippen LogP contribution in [0.1, 0.15) is 70.4 Å². The predicted octanol–water partition coefficient (Wildman–Crippen LogP) is 6.62. The van der Waals surface area contributed by atoms with Crippen molar-refractivity contribution in [1.29, 1.82) is 0 Å². The molecule has 38 heavy (non-hydrogen) atoms. The number of sulfonamides is 1. The van der Waals surface area contributed by atoms with E-state index in [1.807, 2.05) is 32.0 Å². The van der Waals surface area contributed by atoms with Crippen LogP contribution < -0.4 is 4.31 Å². The number of ether oxygens (including phenoxy) is 1. The molecule has 0 amide bonds. The molecule has 0 saturated heterocycles. The molecule has 0 aliphatic heterocycles. The summed E-state index contributed by atoms with van der Waals surface area (Å²) in [6, 6.07) is 13.8. The van der Waals surface area contributed by atoms with Gasteiger partial charge in [0.25, 0.3) is 10.0 Å². The van der Waals surface area contributed by atoms with E-state index in [9.17, 15) is 18.3 Å². The van der Waals surface area contributed by atoms with Gasteiger partial charge in [-0.3, -0.25) is 4.31 Å². The molecule has 5 rings (SSSR count). The number of anilines is 1. The quantitative estimate of drug-likeness (QED) is 0.419. The summed E-state index contributed by atoms with van der Waals surface area (Å²) in [7, 11) is -3.99. The van der Waals surface area contributed by atoms with Crippen molar-refractivity contribution in [2.75, 3.05) is 4.31 Å². The molecule has 204 valence electrons. The first-order valence-electron chi connectivity index (χ1n) is 13.7. The highest BCUT2D eigenvalue weighted by molar-refractivity contribution is 7.92. The molecule has 0 heterocycles. The van der Waals surface area contributed by atoms with Gasteiger partial charge in [-0.05, 0) is 92.7 Å². The maximum absolute atomic E-state index is 14.5. The first kappa shape index (κ1) is 26.8. The fourth-order valence-electron chi connectivity index (χ4n) is 7.29. The van der Waals surface area contributed by atoms with Crippen molar-refractivity contribution in [3.05, 3.63) is 71.0 Å². The molecule has 1 N–H and O–H groups in total. The summed E-state index contributed by atoms with van der Waals surface area (Å²) in [5.74, 6) is -0.425. The molecule has 4 atom stereocenters. The number of allylic oxidation sites excluding steroid dienone is 1. The van der Waals surface area contributed by atoms with Crippen molar-refractivity contribution < 1.29 is 23.1 Å². The van der Waals surface area contributed by atoms with Crippen molar-refractivity contribution in [2.24, 2.45) is 16.7 Å². The zero-order valence-corrected chi connectivity index (χ0v) is 23.8. The fraction of sp³-hybridized carbons (Fsp3) is 0.516. The van der Waals surface area contributed by atoms with Crippen LogP contribution in [0.4, 0.5) is 5.69 Å². The van der Waals surface area contributed by atoms with Gasteiger partial charge in [-0.2, -0.15) is 0 Å². The van der Waals surface area contributed by atoms with Crippen molar-refractivity contribution in [3.8, 4) is 0 Å². The second-order valence-electron chi connectivity index (χ2n) is 12.2. The minimum Gasteiger partial charge on any atom is -0.512 e. The van der Waals surface area contributed by atoms with Gasteiger partial charge in [-0.25, -0.2) is 13.2 Å². The number of hydrogen-bond acceptors (Lipinski definition) is 5. The Balaban J connectivity index is 1.68. The number of aliphatic hydroxyl groups is 1. The zero-order chi connectivity index (χ0) is 27.5. The predicted molar refractivity (Wildman–Crippen MR) is 148 cm³/mol. The van der Waals surface area contributed by atoms with Gasteiger partial charge >= 0.3 is 5.97 Å². The third-order valence-corrected chi connectivity index (χ3v) is 11.5. The first-order chi connectivity index (χ1) is 17.9. The zero-order valence-electron chi connectivity index (χ0n) is 23.0. The van der Waals surface area contributed by atoms with Crippen LogP contribution >= 0.6 is 0 Å². The highest BCUT2D eigenvalue weighted by atomic mass is 32.2. The van der Waals surface area contributed by atoms with Crippen LogP contribution in [-0.4, -0.2) is 31.6 Å². The number of carbonyl (C=O) groups excluding carboxylic acids is 1. The Labute approximate surface area is 226 Å². The smallest absolute Gasteiger partial charge is 0.337 e. The summed E-state index contributed by atoms with van der Waals surface area (Å²) in [5.41, 5.74) is 2.16. The van der Waals surface area contributed by atoms with E-state index in [4.69, 9.17) is 4.74 Å². The second kappa shape index (κ2) is 9.44. The lowest BCUT2D eigenvalue weighted by Gasteiger charge is -2.43. The first-order valence-corrected chi connectivity index (χ1v) is 15.1. The molecule has 2 saturated carbocycles. The van der Waals surface area contributed by atoms with Crippen molar-refractivity contribution >= 4 is 21.7 Å². The SMILES string of the molecule is Cc1cc(C)cc(N([C@@H]2[C@H]3CC[C@@](C)([C@@H]2OC(=O)C2=C(O)CCCC2)C3(C)C)S(=O)(=O)c2ccccc2)c1. The molecule has 3 aliphatic carbocycles. The number of nitrogens with zero attached hydrogens (tertiary/aromatic N) is 1. The topological polar surface area (TPSA) is 83.9 Å². The summed E-state index contributed by atoms with van der Waals surface area (Å²) in [4.78, 5) is 13.7. The standard InChI is InChI=1S/C31H39NO5S/c1-20-17-21(2)19-22(18-20)32(38(35,36)23-11-7-6-8-12-23)27-25-15-16-31(5,30(25,3)4)28(27)37-29(34)24-13-9-10-14-26(24)33/h6-8,11-12,17-19,25,27-28,33H,9-10,13-16H2,1-5H3/t25-,27-,28-,31+/m1/s1. The Morgan fingerprint density at radius 3 is 2.26 bits per heavy atom. The second-order valence-corrected chi connectivity index (χ2v) is 14.0. The molecular weight excluding hydrogens is 498 g/mol. The van der Waals surface area contributed by atoms with Crippen molar-refractivity contribution in [1.82, 2.24) is 0 Å². The van der Waals surface area contributed by atoms with Crippen LogP contribution in [0.3, 0.4) is 0 Å². The van der Waals surface area contributed by atoms with Crippen LogP contribution in [0.25, 0.3) is 0 Å². The van der Waals surface area contributed by atoms with Crippen LogP contribution in [0.5, 0.6) is 0 Å². The summed E-state index contributed by atoms with van der Waals surface area (Å²) in [6.07, 6.45) is 3.65. The average molecular weight is 538 g/mol.